The van der Waals surface area contributed by atoms with Crippen LogP contribution >= 0.6 is 0 Å². The number of benzene rings is 1. The van der Waals surface area contributed by atoms with Gasteiger partial charge < -0.3 is 5.11 Å². The minimum absolute atomic E-state index is 0.211. The molecule has 0 fully saturated rings. The Kier molecular flexibility index (Phi) is 3.60. The largest absolute Gasteiger partial charge is 0.388 e. The normalized spacial score (nSPS) is 10.1. The van der Waals surface area contributed by atoms with Gasteiger partial charge >= 0.3 is 0 Å². The van der Waals surface area contributed by atoms with Crippen LogP contribution in [0.5, 0.6) is 0 Å². The molecule has 90 valence electrons. The average Bonchev–Trinajstić information content (AvgIpc) is 2.46. The highest BCUT2D eigenvalue weighted by atomic mass is 16.3. The van der Waals surface area contributed by atoms with Crippen LogP contribution in [0.2, 0.25) is 0 Å². The molecular formula is C14H11NO3. The Morgan fingerprint density at radius 3 is 2.44 bits per heavy atom. The third kappa shape index (κ3) is 2.33. The molecule has 0 amide bonds. The molecule has 0 aliphatic heterocycles. The lowest BCUT2D eigenvalue weighted by Crippen LogP contribution is -2.18. The zero-order valence-electron chi connectivity index (χ0n) is 9.54. The van der Waals surface area contributed by atoms with Crippen molar-refractivity contribution in [2.75, 3.05) is 6.61 Å². The van der Waals surface area contributed by atoms with E-state index in [1.807, 2.05) is 30.3 Å². The van der Waals surface area contributed by atoms with Crippen molar-refractivity contribution in [3.63, 3.8) is 0 Å². The van der Waals surface area contributed by atoms with Crippen LogP contribution in [0.3, 0.4) is 0 Å². The number of hydrogen-bond acceptors (Lipinski definition) is 4. The molecule has 1 aromatic heterocycles. The van der Waals surface area contributed by atoms with Gasteiger partial charge in [-0.05, 0) is 12.1 Å². The van der Waals surface area contributed by atoms with Gasteiger partial charge in [0.25, 0.3) is 0 Å². The summed E-state index contributed by atoms with van der Waals surface area (Å²) in [6.07, 6.45) is 1.56. The molecule has 0 radical (unpaired) electrons. The van der Waals surface area contributed by atoms with Crippen LogP contribution in [0.4, 0.5) is 0 Å². The number of aromatic nitrogens is 1. The van der Waals surface area contributed by atoms with E-state index in [0.717, 1.165) is 5.56 Å². The number of rotatable bonds is 4. The molecule has 0 spiro atoms. The molecule has 0 unspecified atom stereocenters. The summed E-state index contributed by atoms with van der Waals surface area (Å²) in [5, 5.41) is 8.74. The van der Waals surface area contributed by atoms with Crippen LogP contribution in [-0.2, 0) is 4.79 Å². The van der Waals surface area contributed by atoms with Crippen molar-refractivity contribution in [1.82, 2.24) is 4.98 Å². The second-order valence-electron chi connectivity index (χ2n) is 3.68. The quantitative estimate of drug-likeness (QED) is 0.650. The lowest BCUT2D eigenvalue weighted by molar-refractivity contribution is -0.117. The van der Waals surface area contributed by atoms with Crippen LogP contribution < -0.4 is 0 Å². The highest BCUT2D eigenvalue weighted by Gasteiger charge is 2.19. The second-order valence-corrected chi connectivity index (χ2v) is 3.68. The van der Waals surface area contributed by atoms with E-state index in [1.54, 1.807) is 12.3 Å². The number of hydrogen-bond donors (Lipinski definition) is 1. The van der Waals surface area contributed by atoms with Crippen molar-refractivity contribution >= 4 is 11.6 Å². The van der Waals surface area contributed by atoms with E-state index < -0.39 is 18.2 Å². The molecule has 2 rings (SSSR count). The Hall–Kier alpha value is -2.33. The number of aliphatic hydroxyl groups is 1. The summed E-state index contributed by atoms with van der Waals surface area (Å²) < 4.78 is 0. The van der Waals surface area contributed by atoms with E-state index in [9.17, 15) is 9.59 Å². The molecule has 4 nitrogen and oxygen atoms in total. The minimum Gasteiger partial charge on any atom is -0.388 e. The van der Waals surface area contributed by atoms with E-state index in [1.165, 1.54) is 6.07 Å². The fraction of sp³-hybridized carbons (Fsp3) is 0.0714. The fourth-order valence-electron chi connectivity index (χ4n) is 1.64. The Morgan fingerprint density at radius 2 is 1.78 bits per heavy atom. The number of ketones is 2. The van der Waals surface area contributed by atoms with Gasteiger partial charge in [0, 0.05) is 11.8 Å². The van der Waals surface area contributed by atoms with Crippen LogP contribution in [0.15, 0.2) is 48.7 Å². The molecule has 0 atom stereocenters. The molecule has 0 aliphatic rings. The van der Waals surface area contributed by atoms with E-state index >= 15 is 0 Å². The first-order chi connectivity index (χ1) is 8.74. The van der Waals surface area contributed by atoms with Gasteiger partial charge in [0.05, 0.1) is 11.3 Å². The van der Waals surface area contributed by atoms with Gasteiger partial charge in [0.15, 0.2) is 0 Å². The monoisotopic (exact) mass is 241 g/mol. The predicted molar refractivity (Wildman–Crippen MR) is 66.1 cm³/mol. The van der Waals surface area contributed by atoms with Gasteiger partial charge in [-0.1, -0.05) is 30.3 Å². The minimum atomic E-state index is -0.833. The van der Waals surface area contributed by atoms with Crippen LogP contribution in [0.1, 0.15) is 10.4 Å². The molecule has 0 saturated carbocycles. The van der Waals surface area contributed by atoms with E-state index in [2.05, 4.69) is 4.98 Å². The molecule has 2 aromatic rings. The average molecular weight is 241 g/mol. The van der Waals surface area contributed by atoms with Gasteiger partial charge in [0.2, 0.25) is 11.6 Å². The van der Waals surface area contributed by atoms with Crippen molar-refractivity contribution in [2.24, 2.45) is 0 Å². The molecule has 0 saturated heterocycles. The third-order valence-corrected chi connectivity index (χ3v) is 2.50. The molecule has 0 bridgehead atoms. The first-order valence-electron chi connectivity index (χ1n) is 5.43. The highest BCUT2D eigenvalue weighted by Crippen LogP contribution is 2.21. The Balaban J connectivity index is 2.50. The topological polar surface area (TPSA) is 67.3 Å². The number of aliphatic hydroxyl groups excluding tert-OH is 1. The Morgan fingerprint density at radius 1 is 1.06 bits per heavy atom. The fourth-order valence-corrected chi connectivity index (χ4v) is 1.64. The van der Waals surface area contributed by atoms with Crippen molar-refractivity contribution < 1.29 is 14.7 Å². The Labute approximate surface area is 104 Å². The number of nitrogens with zero attached hydrogens (tertiary/aromatic N) is 1. The lowest BCUT2D eigenvalue weighted by Gasteiger charge is -2.06. The van der Waals surface area contributed by atoms with Gasteiger partial charge in [-0.25, -0.2) is 0 Å². The van der Waals surface area contributed by atoms with E-state index in [-0.39, 0.29) is 5.56 Å². The number of pyridine rings is 1. The lowest BCUT2D eigenvalue weighted by atomic mass is 10.0. The van der Waals surface area contributed by atoms with Gasteiger partial charge in [0.1, 0.15) is 6.61 Å². The maximum atomic E-state index is 11.8. The zero-order valence-corrected chi connectivity index (χ0v) is 9.54. The summed E-state index contributed by atoms with van der Waals surface area (Å²) in [6, 6.07) is 12.2. The predicted octanol–water partition coefficient (Wildman–Crippen LogP) is 1.49. The molecule has 1 N–H and O–H groups in total. The van der Waals surface area contributed by atoms with Crippen molar-refractivity contribution in [2.45, 2.75) is 0 Å². The van der Waals surface area contributed by atoms with Crippen LogP contribution in [-0.4, -0.2) is 28.3 Å². The van der Waals surface area contributed by atoms with Crippen LogP contribution in [0.25, 0.3) is 11.3 Å². The number of Topliss-reactive ketones (excluding diaryl/α,β-unsaturated/α-hetero) is 2. The summed E-state index contributed by atoms with van der Waals surface area (Å²) in [5.74, 6) is -1.55. The summed E-state index contributed by atoms with van der Waals surface area (Å²) in [7, 11) is 0. The van der Waals surface area contributed by atoms with Gasteiger partial charge in [-0.2, -0.15) is 0 Å². The summed E-state index contributed by atoms with van der Waals surface area (Å²) in [5.41, 5.74) is 1.42. The SMILES string of the molecule is O=C(CO)C(=O)c1cccnc1-c1ccccc1. The maximum Gasteiger partial charge on any atom is 0.233 e. The zero-order chi connectivity index (χ0) is 13.0. The van der Waals surface area contributed by atoms with Crippen LogP contribution in [0, 0.1) is 0 Å². The Bertz CT molecular complexity index is 579. The number of carbonyl (C=O) groups excluding carboxylic acids is 2. The molecule has 1 heterocycles. The van der Waals surface area contributed by atoms with E-state index in [4.69, 9.17) is 5.11 Å². The van der Waals surface area contributed by atoms with Crippen molar-refractivity contribution in [3.05, 3.63) is 54.2 Å². The number of carbonyl (C=O) groups is 2. The van der Waals surface area contributed by atoms with E-state index in [0.29, 0.717) is 5.69 Å². The second kappa shape index (κ2) is 5.33. The summed E-state index contributed by atoms with van der Waals surface area (Å²) in [4.78, 5) is 27.2. The molecule has 1 aromatic carbocycles. The molecule has 0 aliphatic carbocycles. The smallest absolute Gasteiger partial charge is 0.233 e. The standard InChI is InChI=1S/C14H11NO3/c16-9-12(17)14(18)11-7-4-8-15-13(11)10-5-2-1-3-6-10/h1-8,16H,9H2. The maximum absolute atomic E-state index is 11.8. The molecule has 18 heavy (non-hydrogen) atoms. The summed E-state index contributed by atoms with van der Waals surface area (Å²) in [6.45, 7) is -0.790. The third-order valence-electron chi connectivity index (χ3n) is 2.50. The first kappa shape index (κ1) is 12.1. The van der Waals surface area contributed by atoms with Gasteiger partial charge in [-0.15, -0.1) is 0 Å². The molecular weight excluding hydrogens is 230 g/mol. The molecule has 4 heteroatoms. The van der Waals surface area contributed by atoms with Crippen molar-refractivity contribution in [1.29, 1.82) is 0 Å². The van der Waals surface area contributed by atoms with Gasteiger partial charge in [-0.3, -0.25) is 14.6 Å². The van der Waals surface area contributed by atoms with Crippen molar-refractivity contribution in [3.8, 4) is 11.3 Å². The highest BCUT2D eigenvalue weighted by molar-refractivity contribution is 6.45. The summed E-state index contributed by atoms with van der Waals surface area (Å²) >= 11 is 0. The first-order valence-corrected chi connectivity index (χ1v) is 5.43.